The molecule has 0 spiro atoms. The average Bonchev–Trinajstić information content (AvgIpc) is 3.01. The Balaban J connectivity index is 1.62. The van der Waals surface area contributed by atoms with Crippen molar-refractivity contribution in [2.24, 2.45) is 0 Å². The molecule has 0 aliphatic rings. The van der Waals surface area contributed by atoms with Gasteiger partial charge in [-0.05, 0) is 30.3 Å². The molecule has 5 nitrogen and oxygen atoms in total. The number of carbonyl (C=O) groups is 1. The van der Waals surface area contributed by atoms with Crippen LogP contribution in [0.1, 0.15) is 0 Å². The number of aromatic nitrogens is 2. The van der Waals surface area contributed by atoms with E-state index < -0.39 is 0 Å². The second-order valence-corrected chi connectivity index (χ2v) is 6.64. The van der Waals surface area contributed by atoms with Crippen molar-refractivity contribution in [3.8, 4) is 11.5 Å². The van der Waals surface area contributed by atoms with Gasteiger partial charge in [-0.3, -0.25) is 10.1 Å². The summed E-state index contributed by atoms with van der Waals surface area (Å²) in [4.78, 5) is 12.9. The summed E-state index contributed by atoms with van der Waals surface area (Å²) in [5.74, 6) is 0.235. The van der Waals surface area contributed by atoms with Crippen molar-refractivity contribution in [2.75, 3.05) is 11.1 Å². The molecule has 0 bridgehead atoms. The SMILES string of the molecule is O=C(CSc1ccccc1)Nc1nnc(-c2cc(Cl)cc(Cl)c2)o1. The van der Waals surface area contributed by atoms with Gasteiger partial charge in [-0.25, -0.2) is 0 Å². The van der Waals surface area contributed by atoms with E-state index in [9.17, 15) is 4.79 Å². The van der Waals surface area contributed by atoms with Gasteiger partial charge in [0.25, 0.3) is 0 Å². The van der Waals surface area contributed by atoms with E-state index in [1.54, 1.807) is 18.2 Å². The normalized spacial score (nSPS) is 10.6. The van der Waals surface area contributed by atoms with Crippen molar-refractivity contribution in [3.63, 3.8) is 0 Å². The fourth-order valence-electron chi connectivity index (χ4n) is 1.89. The molecule has 0 unspecified atom stereocenters. The van der Waals surface area contributed by atoms with E-state index in [-0.39, 0.29) is 23.6 Å². The zero-order chi connectivity index (χ0) is 16.9. The Kier molecular flexibility index (Phi) is 5.40. The van der Waals surface area contributed by atoms with Gasteiger partial charge in [-0.2, -0.15) is 0 Å². The van der Waals surface area contributed by atoms with Crippen LogP contribution in [0.3, 0.4) is 0 Å². The van der Waals surface area contributed by atoms with Crippen molar-refractivity contribution >= 4 is 46.9 Å². The largest absolute Gasteiger partial charge is 0.403 e. The van der Waals surface area contributed by atoms with Crippen LogP contribution in [0.2, 0.25) is 10.0 Å². The lowest BCUT2D eigenvalue weighted by atomic mass is 10.2. The van der Waals surface area contributed by atoms with Crippen LogP contribution in [0.5, 0.6) is 0 Å². The molecule has 0 saturated heterocycles. The topological polar surface area (TPSA) is 68.0 Å². The minimum Gasteiger partial charge on any atom is -0.403 e. The maximum atomic E-state index is 11.9. The predicted octanol–water partition coefficient (Wildman–Crippen LogP) is 4.77. The first-order chi connectivity index (χ1) is 11.6. The van der Waals surface area contributed by atoms with Crippen LogP contribution in [0.4, 0.5) is 6.01 Å². The molecule has 0 aliphatic carbocycles. The van der Waals surface area contributed by atoms with Gasteiger partial charge in [0, 0.05) is 20.5 Å². The van der Waals surface area contributed by atoms with Crippen LogP contribution in [-0.4, -0.2) is 21.9 Å². The zero-order valence-corrected chi connectivity index (χ0v) is 14.5. The van der Waals surface area contributed by atoms with Crippen LogP contribution in [-0.2, 0) is 4.79 Å². The molecule has 24 heavy (non-hydrogen) atoms. The van der Waals surface area contributed by atoms with E-state index in [4.69, 9.17) is 27.6 Å². The lowest BCUT2D eigenvalue weighted by Crippen LogP contribution is -2.14. The molecule has 0 radical (unpaired) electrons. The third-order valence-corrected chi connectivity index (χ3v) is 4.34. The highest BCUT2D eigenvalue weighted by atomic mass is 35.5. The molecule has 3 aromatic rings. The highest BCUT2D eigenvalue weighted by Crippen LogP contribution is 2.27. The summed E-state index contributed by atoms with van der Waals surface area (Å²) in [5, 5.41) is 11.2. The molecule has 0 saturated carbocycles. The number of nitrogens with zero attached hydrogens (tertiary/aromatic N) is 2. The van der Waals surface area contributed by atoms with Crippen molar-refractivity contribution < 1.29 is 9.21 Å². The van der Waals surface area contributed by atoms with Gasteiger partial charge in [0.2, 0.25) is 11.8 Å². The molecule has 0 atom stereocenters. The number of hydrogen-bond acceptors (Lipinski definition) is 5. The third kappa shape index (κ3) is 4.50. The van der Waals surface area contributed by atoms with Crippen LogP contribution < -0.4 is 5.32 Å². The van der Waals surface area contributed by atoms with Gasteiger partial charge >= 0.3 is 6.01 Å². The Morgan fingerprint density at radius 3 is 2.50 bits per heavy atom. The van der Waals surface area contributed by atoms with Crippen LogP contribution in [0, 0.1) is 0 Å². The van der Waals surface area contributed by atoms with E-state index in [0.29, 0.717) is 15.6 Å². The van der Waals surface area contributed by atoms with E-state index >= 15 is 0 Å². The Hall–Kier alpha value is -2.02. The van der Waals surface area contributed by atoms with Crippen LogP contribution >= 0.6 is 35.0 Å². The summed E-state index contributed by atoms with van der Waals surface area (Å²) in [6.07, 6.45) is 0. The van der Waals surface area contributed by atoms with E-state index in [1.807, 2.05) is 30.3 Å². The number of carbonyl (C=O) groups excluding carboxylic acids is 1. The molecule has 0 aliphatic heterocycles. The molecule has 122 valence electrons. The Morgan fingerprint density at radius 1 is 1.08 bits per heavy atom. The van der Waals surface area contributed by atoms with Crippen molar-refractivity contribution in [1.29, 1.82) is 0 Å². The average molecular weight is 380 g/mol. The summed E-state index contributed by atoms with van der Waals surface area (Å²) in [7, 11) is 0. The third-order valence-electron chi connectivity index (χ3n) is 2.89. The lowest BCUT2D eigenvalue weighted by Gasteiger charge is -2.01. The number of anilines is 1. The smallest absolute Gasteiger partial charge is 0.322 e. The van der Waals surface area contributed by atoms with Gasteiger partial charge in [-0.15, -0.1) is 16.9 Å². The van der Waals surface area contributed by atoms with Gasteiger partial charge < -0.3 is 4.42 Å². The second-order valence-electron chi connectivity index (χ2n) is 4.72. The summed E-state index contributed by atoms with van der Waals surface area (Å²) >= 11 is 13.3. The molecule has 1 aromatic heterocycles. The maximum Gasteiger partial charge on any atom is 0.322 e. The Bertz CT molecular complexity index is 835. The fraction of sp³-hybridized carbons (Fsp3) is 0.0625. The number of rotatable bonds is 5. The van der Waals surface area contributed by atoms with Crippen LogP contribution in [0.15, 0.2) is 57.8 Å². The molecule has 2 aromatic carbocycles. The minimum absolute atomic E-state index is 0.0276. The van der Waals surface area contributed by atoms with Crippen LogP contribution in [0.25, 0.3) is 11.5 Å². The first-order valence-corrected chi connectivity index (χ1v) is 8.62. The van der Waals surface area contributed by atoms with Crippen molar-refractivity contribution in [1.82, 2.24) is 10.2 Å². The first-order valence-electron chi connectivity index (χ1n) is 6.88. The molecule has 0 fully saturated rings. The summed E-state index contributed by atoms with van der Waals surface area (Å²) in [6.45, 7) is 0. The highest BCUT2D eigenvalue weighted by Gasteiger charge is 2.12. The van der Waals surface area contributed by atoms with E-state index in [1.165, 1.54) is 11.8 Å². The minimum atomic E-state index is -0.233. The highest BCUT2D eigenvalue weighted by molar-refractivity contribution is 8.00. The molecule has 1 amide bonds. The quantitative estimate of drug-likeness (QED) is 0.646. The monoisotopic (exact) mass is 379 g/mol. The van der Waals surface area contributed by atoms with Gasteiger partial charge in [0.1, 0.15) is 0 Å². The van der Waals surface area contributed by atoms with E-state index in [0.717, 1.165) is 4.90 Å². The predicted molar refractivity (Wildman–Crippen MR) is 95.5 cm³/mol. The number of hydrogen-bond donors (Lipinski definition) is 1. The summed E-state index contributed by atoms with van der Waals surface area (Å²) < 4.78 is 5.42. The first kappa shape index (κ1) is 16.8. The number of nitrogens with one attached hydrogen (secondary N) is 1. The number of amides is 1. The molecule has 1 N–H and O–H groups in total. The summed E-state index contributed by atoms with van der Waals surface area (Å²) in [6, 6.07) is 14.6. The van der Waals surface area contributed by atoms with Gasteiger partial charge in [-0.1, -0.05) is 46.5 Å². The number of thioether (sulfide) groups is 1. The Labute approximate surface area is 152 Å². The zero-order valence-electron chi connectivity index (χ0n) is 12.2. The standard InChI is InChI=1S/C16H11Cl2N3O2S/c17-11-6-10(7-12(18)8-11)15-20-21-16(23-15)19-14(22)9-24-13-4-2-1-3-5-13/h1-8H,9H2,(H,19,21,22). The number of benzene rings is 2. The number of halogens is 2. The summed E-state index contributed by atoms with van der Waals surface area (Å²) in [5.41, 5.74) is 0.583. The van der Waals surface area contributed by atoms with E-state index in [2.05, 4.69) is 15.5 Å². The maximum absolute atomic E-state index is 11.9. The molecular formula is C16H11Cl2N3O2S. The van der Waals surface area contributed by atoms with Crippen molar-refractivity contribution in [2.45, 2.75) is 4.90 Å². The molecule has 3 rings (SSSR count). The van der Waals surface area contributed by atoms with Gasteiger partial charge in [0.15, 0.2) is 0 Å². The van der Waals surface area contributed by atoms with Crippen molar-refractivity contribution in [3.05, 3.63) is 58.6 Å². The Morgan fingerprint density at radius 2 is 1.79 bits per heavy atom. The second kappa shape index (κ2) is 7.70. The van der Waals surface area contributed by atoms with Gasteiger partial charge in [0.05, 0.1) is 5.75 Å². The molecular weight excluding hydrogens is 369 g/mol. The molecule has 1 heterocycles. The lowest BCUT2D eigenvalue weighted by molar-refractivity contribution is -0.113. The fourth-order valence-corrected chi connectivity index (χ4v) is 3.13. The molecule has 8 heteroatoms.